The molecule has 2 rings (SSSR count). The lowest BCUT2D eigenvalue weighted by Gasteiger charge is -2.11. The summed E-state index contributed by atoms with van der Waals surface area (Å²) in [6.45, 7) is 1.93. The maximum atomic E-state index is 12.5. The minimum Gasteiger partial charge on any atom is -0.325 e. The van der Waals surface area contributed by atoms with Gasteiger partial charge >= 0.3 is 0 Å². The molecule has 0 unspecified atom stereocenters. The van der Waals surface area contributed by atoms with Crippen LogP contribution in [0.4, 0.5) is 5.69 Å². The zero-order valence-electron chi connectivity index (χ0n) is 11.7. The third-order valence-electron chi connectivity index (χ3n) is 3.01. The summed E-state index contributed by atoms with van der Waals surface area (Å²) in [7, 11) is 0. The molecular formula is C17H16ClNO2. The first kappa shape index (κ1) is 15.3. The molecule has 0 bridgehead atoms. The number of benzene rings is 2. The summed E-state index contributed by atoms with van der Waals surface area (Å²) in [6, 6.07) is 13.8. The highest BCUT2D eigenvalue weighted by Gasteiger charge is 2.15. The molecule has 1 amide bonds. The van der Waals surface area contributed by atoms with Crippen molar-refractivity contribution in [2.45, 2.75) is 19.8 Å². The third-order valence-corrected chi connectivity index (χ3v) is 3.25. The Bertz CT molecular complexity index is 653. The Hall–Kier alpha value is -2.13. The molecule has 0 saturated heterocycles. The lowest BCUT2D eigenvalue weighted by molar-refractivity contribution is -0.116. The second kappa shape index (κ2) is 7.04. The normalized spacial score (nSPS) is 10.2. The lowest BCUT2D eigenvalue weighted by Crippen LogP contribution is -2.14. The van der Waals surface area contributed by atoms with Crippen LogP contribution in [0.3, 0.4) is 0 Å². The summed E-state index contributed by atoms with van der Waals surface area (Å²) in [5, 5.41) is 3.23. The van der Waals surface area contributed by atoms with E-state index in [-0.39, 0.29) is 11.7 Å². The highest BCUT2D eigenvalue weighted by molar-refractivity contribution is 6.31. The molecule has 21 heavy (non-hydrogen) atoms. The zero-order chi connectivity index (χ0) is 15.2. The average molecular weight is 302 g/mol. The highest BCUT2D eigenvalue weighted by Crippen LogP contribution is 2.24. The number of carbonyl (C=O) groups is 2. The molecule has 0 fully saturated rings. The molecular weight excluding hydrogens is 286 g/mol. The van der Waals surface area contributed by atoms with Gasteiger partial charge in [-0.15, -0.1) is 0 Å². The largest absolute Gasteiger partial charge is 0.325 e. The molecule has 2 aromatic carbocycles. The Morgan fingerprint density at radius 1 is 1.10 bits per heavy atom. The van der Waals surface area contributed by atoms with Crippen molar-refractivity contribution in [2.75, 3.05) is 5.32 Å². The monoisotopic (exact) mass is 301 g/mol. The van der Waals surface area contributed by atoms with E-state index in [9.17, 15) is 9.59 Å². The molecule has 0 aliphatic carbocycles. The van der Waals surface area contributed by atoms with E-state index in [2.05, 4.69) is 5.32 Å². The Kier molecular flexibility index (Phi) is 5.12. The first-order valence-electron chi connectivity index (χ1n) is 6.81. The fourth-order valence-corrected chi connectivity index (χ4v) is 2.17. The van der Waals surface area contributed by atoms with Crippen LogP contribution in [0.15, 0.2) is 48.5 Å². The first-order chi connectivity index (χ1) is 10.1. The Balaban J connectivity index is 2.35. The summed E-state index contributed by atoms with van der Waals surface area (Å²) in [5.74, 6) is -0.271. The second-order valence-corrected chi connectivity index (χ2v) is 5.12. The van der Waals surface area contributed by atoms with E-state index < -0.39 is 0 Å². The van der Waals surface area contributed by atoms with Crippen molar-refractivity contribution in [1.29, 1.82) is 0 Å². The quantitative estimate of drug-likeness (QED) is 0.836. The number of hydrogen-bond acceptors (Lipinski definition) is 2. The van der Waals surface area contributed by atoms with Gasteiger partial charge in [-0.1, -0.05) is 48.9 Å². The molecule has 0 aliphatic heterocycles. The summed E-state index contributed by atoms with van der Waals surface area (Å²) in [6.07, 6.45) is 1.17. The molecule has 0 heterocycles. The van der Waals surface area contributed by atoms with Crippen molar-refractivity contribution in [2.24, 2.45) is 0 Å². The molecule has 108 valence electrons. The fraction of sp³-hybridized carbons (Fsp3) is 0.176. The molecule has 1 N–H and O–H groups in total. The van der Waals surface area contributed by atoms with Crippen molar-refractivity contribution >= 4 is 29.0 Å². The number of rotatable bonds is 5. The van der Waals surface area contributed by atoms with Crippen LogP contribution in [-0.4, -0.2) is 11.7 Å². The van der Waals surface area contributed by atoms with Crippen LogP contribution < -0.4 is 5.32 Å². The standard InChI is InChI=1S/C17H16ClNO2/c1-2-6-16(20)19-15-10-9-13(18)11-14(15)17(21)12-7-4-3-5-8-12/h3-5,7-11H,2,6H2,1H3,(H,19,20). The molecule has 0 spiro atoms. The predicted octanol–water partition coefficient (Wildman–Crippen LogP) is 4.31. The average Bonchev–Trinajstić information content (AvgIpc) is 2.49. The molecule has 0 radical (unpaired) electrons. The SMILES string of the molecule is CCCC(=O)Nc1ccc(Cl)cc1C(=O)c1ccccc1. The van der Waals surface area contributed by atoms with Gasteiger partial charge in [0.05, 0.1) is 5.69 Å². The number of amides is 1. The summed E-state index contributed by atoms with van der Waals surface area (Å²) in [4.78, 5) is 24.3. The van der Waals surface area contributed by atoms with Crippen molar-refractivity contribution in [3.63, 3.8) is 0 Å². The van der Waals surface area contributed by atoms with Crippen LogP contribution in [0.2, 0.25) is 5.02 Å². The van der Waals surface area contributed by atoms with Gasteiger partial charge in [0.2, 0.25) is 5.91 Å². The van der Waals surface area contributed by atoms with Crippen LogP contribution in [-0.2, 0) is 4.79 Å². The van der Waals surface area contributed by atoms with Crippen molar-refractivity contribution in [1.82, 2.24) is 0 Å². The van der Waals surface area contributed by atoms with Gasteiger partial charge in [0.1, 0.15) is 0 Å². The van der Waals surface area contributed by atoms with Crippen molar-refractivity contribution in [3.8, 4) is 0 Å². The fourth-order valence-electron chi connectivity index (χ4n) is 2.00. The van der Waals surface area contributed by atoms with Crippen molar-refractivity contribution < 1.29 is 9.59 Å². The van der Waals surface area contributed by atoms with Crippen LogP contribution in [0.1, 0.15) is 35.7 Å². The minimum atomic E-state index is -0.162. The molecule has 0 aliphatic rings. The Morgan fingerprint density at radius 3 is 2.48 bits per heavy atom. The molecule has 0 aromatic heterocycles. The molecule has 3 nitrogen and oxygen atoms in total. The molecule has 2 aromatic rings. The predicted molar refractivity (Wildman–Crippen MR) is 84.9 cm³/mol. The van der Waals surface area contributed by atoms with E-state index in [0.29, 0.717) is 28.3 Å². The van der Waals surface area contributed by atoms with Crippen LogP contribution in [0.25, 0.3) is 0 Å². The Morgan fingerprint density at radius 2 is 1.81 bits per heavy atom. The number of hydrogen-bond donors (Lipinski definition) is 1. The van der Waals surface area contributed by atoms with Crippen LogP contribution in [0, 0.1) is 0 Å². The van der Waals surface area contributed by atoms with E-state index in [1.807, 2.05) is 13.0 Å². The van der Waals surface area contributed by atoms with Gasteiger partial charge in [0.15, 0.2) is 5.78 Å². The third kappa shape index (κ3) is 3.92. The van der Waals surface area contributed by atoms with E-state index >= 15 is 0 Å². The summed E-state index contributed by atoms with van der Waals surface area (Å²) >= 11 is 5.98. The number of halogens is 1. The van der Waals surface area contributed by atoms with Gasteiger partial charge in [0.25, 0.3) is 0 Å². The van der Waals surface area contributed by atoms with Crippen LogP contribution >= 0.6 is 11.6 Å². The van der Waals surface area contributed by atoms with E-state index in [1.54, 1.807) is 42.5 Å². The van der Waals surface area contributed by atoms with Gasteiger partial charge in [-0.25, -0.2) is 0 Å². The summed E-state index contributed by atoms with van der Waals surface area (Å²) in [5.41, 5.74) is 1.45. The maximum Gasteiger partial charge on any atom is 0.224 e. The van der Waals surface area contributed by atoms with E-state index in [0.717, 1.165) is 6.42 Å². The number of ketones is 1. The highest BCUT2D eigenvalue weighted by atomic mass is 35.5. The first-order valence-corrected chi connectivity index (χ1v) is 7.18. The van der Waals surface area contributed by atoms with Crippen molar-refractivity contribution in [3.05, 3.63) is 64.7 Å². The van der Waals surface area contributed by atoms with Gasteiger partial charge in [0, 0.05) is 22.6 Å². The van der Waals surface area contributed by atoms with Gasteiger partial charge < -0.3 is 5.32 Å². The lowest BCUT2D eigenvalue weighted by atomic mass is 10.0. The topological polar surface area (TPSA) is 46.2 Å². The smallest absolute Gasteiger partial charge is 0.224 e. The minimum absolute atomic E-state index is 0.109. The van der Waals surface area contributed by atoms with Gasteiger partial charge in [-0.3, -0.25) is 9.59 Å². The van der Waals surface area contributed by atoms with Crippen LogP contribution in [0.5, 0.6) is 0 Å². The maximum absolute atomic E-state index is 12.5. The molecule has 4 heteroatoms. The number of carbonyl (C=O) groups excluding carboxylic acids is 2. The van der Waals surface area contributed by atoms with E-state index in [1.165, 1.54) is 0 Å². The number of nitrogens with one attached hydrogen (secondary N) is 1. The van der Waals surface area contributed by atoms with E-state index in [4.69, 9.17) is 11.6 Å². The summed E-state index contributed by atoms with van der Waals surface area (Å²) < 4.78 is 0. The number of anilines is 1. The second-order valence-electron chi connectivity index (χ2n) is 4.68. The Labute approximate surface area is 128 Å². The molecule has 0 atom stereocenters. The van der Waals surface area contributed by atoms with Gasteiger partial charge in [-0.05, 0) is 24.6 Å². The zero-order valence-corrected chi connectivity index (χ0v) is 12.5. The molecule has 0 saturated carbocycles. The van der Waals surface area contributed by atoms with Gasteiger partial charge in [-0.2, -0.15) is 0 Å².